The Hall–Kier alpha value is -2.31. The molecule has 2 aromatic rings. The molecule has 2 fully saturated rings. The topological polar surface area (TPSA) is 48.0 Å². The highest BCUT2D eigenvalue weighted by Crippen LogP contribution is 2.37. The van der Waals surface area contributed by atoms with Crippen LogP contribution in [0.25, 0.3) is 0 Å². The summed E-state index contributed by atoms with van der Waals surface area (Å²) in [5, 5.41) is 0. The second kappa shape index (κ2) is 7.75. The van der Waals surface area contributed by atoms with Gasteiger partial charge in [-0.15, -0.1) is 0 Å². The van der Waals surface area contributed by atoms with Crippen LogP contribution in [0.5, 0.6) is 5.75 Å². The first-order valence-corrected chi connectivity index (χ1v) is 10.6. The average molecular weight is 407 g/mol. The quantitative estimate of drug-likeness (QED) is 0.684. The van der Waals surface area contributed by atoms with E-state index in [1.165, 1.54) is 0 Å². The van der Waals surface area contributed by atoms with Gasteiger partial charge in [-0.1, -0.05) is 30.3 Å². The maximum absolute atomic E-state index is 13.1. The van der Waals surface area contributed by atoms with Crippen LogP contribution in [0.3, 0.4) is 0 Å². The number of hydrogen-bond acceptors (Lipinski definition) is 4. The second-order valence-corrected chi connectivity index (χ2v) is 9.30. The van der Waals surface area contributed by atoms with Gasteiger partial charge in [-0.05, 0) is 69.8 Å². The molecule has 1 saturated carbocycles. The molecule has 4 rings (SSSR count). The van der Waals surface area contributed by atoms with Crippen LogP contribution in [0.2, 0.25) is 0 Å². The number of benzene rings is 2. The number of hydrogen-bond donors (Lipinski definition) is 0. The molecule has 2 aliphatic rings. The number of ether oxygens (including phenoxy) is 1. The number of carbonyl (C=O) groups excluding carboxylic acids is 1. The largest absolute Gasteiger partial charge is 0.494 e. The standard InChI is InChI=1S/C24H30BNO4/c1-23(2)24(3,4)30-25(29-23)19-13-18(22(27)26(5)20-11-12-20)14-21(15-19)28-16-17-9-7-6-8-10-17/h6-10,13-15,20H,11-12,16H2,1-5H3. The lowest BCUT2D eigenvalue weighted by Gasteiger charge is -2.32. The Morgan fingerprint density at radius 3 is 2.30 bits per heavy atom. The molecule has 0 bridgehead atoms. The fourth-order valence-electron chi connectivity index (χ4n) is 3.52. The van der Waals surface area contributed by atoms with Crippen molar-refractivity contribution < 1.29 is 18.8 Å². The maximum Gasteiger partial charge on any atom is 0.494 e. The SMILES string of the molecule is CN(C(=O)c1cc(OCc2ccccc2)cc(B2OC(C)(C)C(C)(C)O2)c1)C1CC1. The summed E-state index contributed by atoms with van der Waals surface area (Å²) in [6.45, 7) is 8.52. The Balaban J connectivity index is 1.63. The maximum atomic E-state index is 13.1. The summed E-state index contributed by atoms with van der Waals surface area (Å²) >= 11 is 0. The van der Waals surface area contributed by atoms with Crippen molar-refractivity contribution in [1.29, 1.82) is 0 Å². The Morgan fingerprint density at radius 1 is 1.07 bits per heavy atom. The van der Waals surface area contributed by atoms with Gasteiger partial charge in [0.25, 0.3) is 5.91 Å². The highest BCUT2D eigenvalue weighted by atomic mass is 16.7. The monoisotopic (exact) mass is 407 g/mol. The third-order valence-electron chi connectivity index (χ3n) is 6.36. The molecule has 0 N–H and O–H groups in total. The van der Waals surface area contributed by atoms with Gasteiger partial charge in [0.2, 0.25) is 0 Å². The molecule has 30 heavy (non-hydrogen) atoms. The van der Waals surface area contributed by atoms with E-state index in [1.54, 1.807) is 0 Å². The van der Waals surface area contributed by atoms with Crippen molar-refractivity contribution in [3.05, 3.63) is 59.7 Å². The smallest absolute Gasteiger partial charge is 0.489 e. The van der Waals surface area contributed by atoms with Gasteiger partial charge >= 0.3 is 7.12 Å². The fourth-order valence-corrected chi connectivity index (χ4v) is 3.52. The molecule has 1 heterocycles. The van der Waals surface area contributed by atoms with Crippen LogP contribution in [-0.4, -0.2) is 42.2 Å². The first-order valence-electron chi connectivity index (χ1n) is 10.6. The van der Waals surface area contributed by atoms with Crippen molar-refractivity contribution in [2.75, 3.05) is 7.05 Å². The molecule has 6 heteroatoms. The van der Waals surface area contributed by atoms with Gasteiger partial charge in [-0.2, -0.15) is 0 Å². The molecular weight excluding hydrogens is 377 g/mol. The zero-order valence-electron chi connectivity index (χ0n) is 18.5. The third-order valence-corrected chi connectivity index (χ3v) is 6.36. The van der Waals surface area contributed by atoms with Crippen LogP contribution in [0, 0.1) is 0 Å². The van der Waals surface area contributed by atoms with E-state index >= 15 is 0 Å². The lowest BCUT2D eigenvalue weighted by atomic mass is 9.78. The van der Waals surface area contributed by atoms with Crippen molar-refractivity contribution in [1.82, 2.24) is 4.90 Å². The molecule has 5 nitrogen and oxygen atoms in total. The van der Waals surface area contributed by atoms with Gasteiger partial charge in [-0.3, -0.25) is 4.79 Å². The lowest BCUT2D eigenvalue weighted by molar-refractivity contribution is 0.00578. The molecule has 158 valence electrons. The first kappa shape index (κ1) is 20.9. The molecule has 0 atom stereocenters. The van der Waals surface area contributed by atoms with Crippen molar-refractivity contribution in [3.8, 4) is 5.75 Å². The Morgan fingerprint density at radius 2 is 1.70 bits per heavy atom. The summed E-state index contributed by atoms with van der Waals surface area (Å²) in [5.74, 6) is 0.638. The van der Waals surface area contributed by atoms with E-state index in [0.29, 0.717) is 24.0 Å². The molecule has 1 aliphatic heterocycles. The minimum absolute atomic E-state index is 0.000397. The highest BCUT2D eigenvalue weighted by molar-refractivity contribution is 6.62. The van der Waals surface area contributed by atoms with Gasteiger partial charge < -0.3 is 18.9 Å². The van der Waals surface area contributed by atoms with Crippen molar-refractivity contribution in [2.24, 2.45) is 0 Å². The van der Waals surface area contributed by atoms with Crippen LogP contribution < -0.4 is 10.2 Å². The summed E-state index contributed by atoms with van der Waals surface area (Å²) in [4.78, 5) is 14.9. The molecule has 0 unspecified atom stereocenters. The van der Waals surface area contributed by atoms with Crippen molar-refractivity contribution in [3.63, 3.8) is 0 Å². The van der Waals surface area contributed by atoms with E-state index in [4.69, 9.17) is 14.0 Å². The van der Waals surface area contributed by atoms with E-state index in [-0.39, 0.29) is 5.91 Å². The highest BCUT2D eigenvalue weighted by Gasteiger charge is 2.52. The van der Waals surface area contributed by atoms with Gasteiger partial charge in [0.1, 0.15) is 12.4 Å². The van der Waals surface area contributed by atoms with Crippen LogP contribution in [0.4, 0.5) is 0 Å². The molecule has 1 amide bonds. The minimum atomic E-state index is -0.548. The lowest BCUT2D eigenvalue weighted by Crippen LogP contribution is -2.41. The fraction of sp³-hybridized carbons (Fsp3) is 0.458. The zero-order chi connectivity index (χ0) is 21.5. The Labute approximate surface area is 179 Å². The molecule has 1 aliphatic carbocycles. The predicted molar refractivity (Wildman–Crippen MR) is 118 cm³/mol. The van der Waals surface area contributed by atoms with E-state index in [1.807, 2.05) is 88.2 Å². The Kier molecular flexibility index (Phi) is 5.41. The third kappa shape index (κ3) is 4.25. The van der Waals surface area contributed by atoms with E-state index in [0.717, 1.165) is 23.9 Å². The zero-order valence-corrected chi connectivity index (χ0v) is 18.5. The summed E-state index contributed by atoms with van der Waals surface area (Å²) in [7, 11) is 1.32. The van der Waals surface area contributed by atoms with Crippen LogP contribution in [0.15, 0.2) is 48.5 Å². The molecule has 0 aromatic heterocycles. The van der Waals surface area contributed by atoms with Gasteiger partial charge in [0.05, 0.1) is 11.2 Å². The molecular formula is C24H30BNO4. The minimum Gasteiger partial charge on any atom is -0.489 e. The van der Waals surface area contributed by atoms with Crippen molar-refractivity contribution in [2.45, 2.75) is 64.4 Å². The molecule has 2 aromatic carbocycles. The molecule has 0 radical (unpaired) electrons. The van der Waals surface area contributed by atoms with E-state index < -0.39 is 18.3 Å². The Bertz CT molecular complexity index is 908. The number of nitrogens with zero attached hydrogens (tertiary/aromatic N) is 1. The normalized spacial score (nSPS) is 19.6. The first-order chi connectivity index (χ1) is 14.2. The number of amides is 1. The number of carbonyl (C=O) groups is 1. The number of rotatable bonds is 6. The van der Waals surface area contributed by atoms with Gasteiger partial charge in [0.15, 0.2) is 0 Å². The summed E-state index contributed by atoms with van der Waals surface area (Å²) in [6.07, 6.45) is 2.13. The molecule has 0 spiro atoms. The predicted octanol–water partition coefficient (Wildman–Crippen LogP) is 3.80. The van der Waals surface area contributed by atoms with Crippen LogP contribution >= 0.6 is 0 Å². The second-order valence-electron chi connectivity index (χ2n) is 9.30. The van der Waals surface area contributed by atoms with E-state index in [2.05, 4.69) is 0 Å². The van der Waals surface area contributed by atoms with Crippen LogP contribution in [0.1, 0.15) is 56.5 Å². The summed E-state index contributed by atoms with van der Waals surface area (Å²) < 4.78 is 18.5. The van der Waals surface area contributed by atoms with Gasteiger partial charge in [0, 0.05) is 18.7 Å². The van der Waals surface area contributed by atoms with Gasteiger partial charge in [-0.25, -0.2) is 0 Å². The van der Waals surface area contributed by atoms with Crippen LogP contribution in [-0.2, 0) is 15.9 Å². The average Bonchev–Trinajstić information content (AvgIpc) is 3.53. The summed E-state index contributed by atoms with van der Waals surface area (Å²) in [6, 6.07) is 15.9. The van der Waals surface area contributed by atoms with E-state index in [9.17, 15) is 4.79 Å². The summed E-state index contributed by atoms with van der Waals surface area (Å²) in [5.41, 5.74) is 1.56. The molecule has 1 saturated heterocycles. The van der Waals surface area contributed by atoms with Crippen molar-refractivity contribution >= 4 is 18.5 Å².